The van der Waals surface area contributed by atoms with Gasteiger partial charge in [0.2, 0.25) is 0 Å². The molecule has 0 aliphatic carbocycles. The maximum Gasteiger partial charge on any atom is 0.433 e. The summed E-state index contributed by atoms with van der Waals surface area (Å²) in [4.78, 5) is 3.56. The van der Waals surface area contributed by atoms with E-state index in [-0.39, 0.29) is 16.6 Å². The molecule has 0 bridgehead atoms. The number of fused-ring (bicyclic) bond motifs is 1. The SMILES string of the molecule is CC(C)Oc1ccc2nc(C(F)(F)F)cc(Cl)c2c1. The van der Waals surface area contributed by atoms with Crippen LogP contribution in [0.3, 0.4) is 0 Å². The Kier molecular flexibility index (Phi) is 3.58. The smallest absolute Gasteiger partial charge is 0.433 e. The molecule has 0 atom stereocenters. The summed E-state index contributed by atoms with van der Waals surface area (Å²) in [5.74, 6) is 0.547. The average Bonchev–Trinajstić information content (AvgIpc) is 2.27. The van der Waals surface area contributed by atoms with Crippen molar-refractivity contribution in [2.45, 2.75) is 26.1 Å². The van der Waals surface area contributed by atoms with Crippen molar-refractivity contribution in [1.29, 1.82) is 0 Å². The van der Waals surface area contributed by atoms with E-state index in [1.54, 1.807) is 12.1 Å². The molecule has 1 aromatic carbocycles. The third-order valence-electron chi connectivity index (χ3n) is 2.39. The lowest BCUT2D eigenvalue weighted by atomic mass is 10.2. The molecule has 0 spiro atoms. The van der Waals surface area contributed by atoms with Gasteiger partial charge in [0, 0.05) is 5.39 Å². The van der Waals surface area contributed by atoms with Crippen LogP contribution >= 0.6 is 11.6 Å². The summed E-state index contributed by atoms with van der Waals surface area (Å²) in [6.07, 6.45) is -4.54. The van der Waals surface area contributed by atoms with Gasteiger partial charge in [0.05, 0.1) is 16.6 Å². The van der Waals surface area contributed by atoms with Crippen molar-refractivity contribution in [2.75, 3.05) is 0 Å². The number of rotatable bonds is 2. The molecule has 2 aromatic rings. The van der Waals surface area contributed by atoms with E-state index in [1.807, 2.05) is 13.8 Å². The summed E-state index contributed by atoms with van der Waals surface area (Å²) in [7, 11) is 0. The van der Waals surface area contributed by atoms with Gasteiger partial charge in [-0.05, 0) is 38.1 Å². The Balaban J connectivity index is 2.54. The zero-order valence-corrected chi connectivity index (χ0v) is 11.0. The normalized spacial score (nSPS) is 12.2. The Hall–Kier alpha value is -1.49. The van der Waals surface area contributed by atoms with E-state index in [9.17, 15) is 13.2 Å². The van der Waals surface area contributed by atoms with E-state index >= 15 is 0 Å². The van der Waals surface area contributed by atoms with Gasteiger partial charge in [-0.3, -0.25) is 0 Å². The number of alkyl halides is 3. The van der Waals surface area contributed by atoms with E-state index in [2.05, 4.69) is 4.98 Å². The lowest BCUT2D eigenvalue weighted by molar-refractivity contribution is -0.140. The molecule has 102 valence electrons. The second kappa shape index (κ2) is 4.89. The first-order chi connectivity index (χ1) is 8.77. The number of pyridine rings is 1. The first kappa shape index (κ1) is 13.9. The number of aromatic nitrogens is 1. The fourth-order valence-electron chi connectivity index (χ4n) is 1.65. The lowest BCUT2D eigenvalue weighted by Gasteiger charge is -2.12. The van der Waals surface area contributed by atoms with Crippen LogP contribution in [0.2, 0.25) is 5.02 Å². The number of benzene rings is 1. The molecule has 0 aliphatic rings. The molecule has 1 heterocycles. The Bertz CT molecular complexity index is 611. The molecule has 2 rings (SSSR count). The van der Waals surface area contributed by atoms with Gasteiger partial charge in [-0.25, -0.2) is 4.98 Å². The van der Waals surface area contributed by atoms with Crippen molar-refractivity contribution in [3.63, 3.8) is 0 Å². The van der Waals surface area contributed by atoms with E-state index in [4.69, 9.17) is 16.3 Å². The number of nitrogens with zero attached hydrogens (tertiary/aromatic N) is 1. The summed E-state index contributed by atoms with van der Waals surface area (Å²) in [6, 6.07) is 5.45. The Morgan fingerprint density at radius 1 is 1.21 bits per heavy atom. The Morgan fingerprint density at radius 2 is 1.89 bits per heavy atom. The van der Waals surface area contributed by atoms with Gasteiger partial charge in [0.25, 0.3) is 0 Å². The summed E-state index contributed by atoms with van der Waals surface area (Å²) in [5, 5.41) is 0.444. The Labute approximate surface area is 113 Å². The number of ether oxygens (including phenoxy) is 1. The predicted octanol–water partition coefficient (Wildman–Crippen LogP) is 4.69. The quantitative estimate of drug-likeness (QED) is 0.800. The highest BCUT2D eigenvalue weighted by atomic mass is 35.5. The van der Waals surface area contributed by atoms with Crippen LogP contribution in [0.5, 0.6) is 5.75 Å². The monoisotopic (exact) mass is 289 g/mol. The zero-order chi connectivity index (χ0) is 14.2. The maximum absolute atomic E-state index is 12.6. The number of hydrogen-bond donors (Lipinski definition) is 0. The second-order valence-corrected chi connectivity index (χ2v) is 4.74. The molecule has 0 amide bonds. The van der Waals surface area contributed by atoms with Gasteiger partial charge < -0.3 is 4.74 Å². The van der Waals surface area contributed by atoms with Gasteiger partial charge >= 0.3 is 6.18 Å². The predicted molar refractivity (Wildman–Crippen MR) is 67.5 cm³/mol. The first-order valence-corrected chi connectivity index (χ1v) is 5.99. The van der Waals surface area contributed by atoms with Gasteiger partial charge in [-0.15, -0.1) is 0 Å². The molecule has 2 nitrogen and oxygen atoms in total. The van der Waals surface area contributed by atoms with Crippen LogP contribution in [0.25, 0.3) is 10.9 Å². The van der Waals surface area contributed by atoms with Crippen LogP contribution in [0.15, 0.2) is 24.3 Å². The molecule has 0 aliphatic heterocycles. The summed E-state index contributed by atoms with van der Waals surface area (Å²) in [6.45, 7) is 3.72. The van der Waals surface area contributed by atoms with Crippen LogP contribution in [0.1, 0.15) is 19.5 Å². The topological polar surface area (TPSA) is 22.1 Å². The van der Waals surface area contributed by atoms with Crippen LogP contribution < -0.4 is 4.74 Å². The minimum atomic E-state index is -4.51. The third-order valence-corrected chi connectivity index (χ3v) is 2.70. The molecule has 0 radical (unpaired) electrons. The molecule has 6 heteroatoms. The molecule has 0 N–H and O–H groups in total. The van der Waals surface area contributed by atoms with Crippen molar-refractivity contribution < 1.29 is 17.9 Å². The van der Waals surface area contributed by atoms with Crippen LogP contribution in [0.4, 0.5) is 13.2 Å². The lowest BCUT2D eigenvalue weighted by Crippen LogP contribution is -2.08. The highest BCUT2D eigenvalue weighted by Gasteiger charge is 2.33. The van der Waals surface area contributed by atoms with Crippen LogP contribution in [0, 0.1) is 0 Å². The molecule has 0 unspecified atom stereocenters. The van der Waals surface area contributed by atoms with Crippen molar-refractivity contribution in [3.05, 3.63) is 35.0 Å². The van der Waals surface area contributed by atoms with Crippen LogP contribution in [-0.2, 0) is 6.18 Å². The largest absolute Gasteiger partial charge is 0.491 e. The minimum Gasteiger partial charge on any atom is -0.491 e. The van der Waals surface area contributed by atoms with Crippen LogP contribution in [-0.4, -0.2) is 11.1 Å². The van der Waals surface area contributed by atoms with Gasteiger partial charge in [-0.2, -0.15) is 13.2 Å². The number of hydrogen-bond acceptors (Lipinski definition) is 2. The summed E-state index contributed by atoms with van der Waals surface area (Å²) >= 11 is 5.88. The van der Waals surface area contributed by atoms with Crippen molar-refractivity contribution >= 4 is 22.5 Å². The van der Waals surface area contributed by atoms with Crippen molar-refractivity contribution in [2.24, 2.45) is 0 Å². The first-order valence-electron chi connectivity index (χ1n) is 5.61. The van der Waals surface area contributed by atoms with Gasteiger partial charge in [-0.1, -0.05) is 11.6 Å². The van der Waals surface area contributed by atoms with Gasteiger partial charge in [0.15, 0.2) is 0 Å². The fraction of sp³-hybridized carbons (Fsp3) is 0.308. The Morgan fingerprint density at radius 3 is 2.47 bits per heavy atom. The highest BCUT2D eigenvalue weighted by Crippen LogP contribution is 2.34. The highest BCUT2D eigenvalue weighted by molar-refractivity contribution is 6.35. The summed E-state index contributed by atoms with van der Waals surface area (Å²) < 4.78 is 43.3. The molecular weight excluding hydrogens is 279 g/mol. The third kappa shape index (κ3) is 3.10. The maximum atomic E-state index is 12.6. The van der Waals surface area contributed by atoms with Crippen molar-refractivity contribution in [1.82, 2.24) is 4.98 Å². The average molecular weight is 290 g/mol. The van der Waals surface area contributed by atoms with Gasteiger partial charge in [0.1, 0.15) is 11.4 Å². The standard InChI is InChI=1S/C13H11ClF3NO/c1-7(2)19-8-3-4-11-9(5-8)10(14)6-12(18-11)13(15,16)17/h3-7H,1-2H3. The fourth-order valence-corrected chi connectivity index (χ4v) is 1.91. The number of halogens is 4. The molecule has 1 aromatic heterocycles. The molecule has 0 saturated carbocycles. The minimum absolute atomic E-state index is 0.00605. The molecular formula is C13H11ClF3NO. The van der Waals surface area contributed by atoms with E-state index in [0.29, 0.717) is 11.1 Å². The molecule has 0 saturated heterocycles. The molecule has 0 fully saturated rings. The van der Waals surface area contributed by atoms with E-state index in [0.717, 1.165) is 6.07 Å². The summed E-state index contributed by atoms with van der Waals surface area (Å²) in [5.41, 5.74) is -0.807. The molecule has 19 heavy (non-hydrogen) atoms. The van der Waals surface area contributed by atoms with E-state index in [1.165, 1.54) is 6.07 Å². The van der Waals surface area contributed by atoms with Crippen molar-refractivity contribution in [3.8, 4) is 5.75 Å². The van der Waals surface area contributed by atoms with E-state index < -0.39 is 11.9 Å². The zero-order valence-electron chi connectivity index (χ0n) is 10.3. The second-order valence-electron chi connectivity index (χ2n) is 4.33.